The molecule has 2 aromatic heterocycles. The zero-order valence-electron chi connectivity index (χ0n) is 20.3. The van der Waals surface area contributed by atoms with E-state index in [9.17, 15) is 4.79 Å². The molecule has 0 saturated carbocycles. The van der Waals surface area contributed by atoms with E-state index in [2.05, 4.69) is 15.1 Å². The number of aromatic nitrogens is 4. The zero-order valence-corrected chi connectivity index (χ0v) is 20.3. The van der Waals surface area contributed by atoms with Crippen LogP contribution in [0.1, 0.15) is 29.8 Å². The van der Waals surface area contributed by atoms with Gasteiger partial charge in [0.05, 0.1) is 25.8 Å². The third kappa shape index (κ3) is 6.80. The standard InChI is InChI=1S/C15H14O3.C11H14N4O2/c1-11(15(16)17)12-6-5-9-14(10-12)18-13-7-3-2-4-8-13;1-7-5-9(16-3)13-11(12-7)15-10(17-4)6-8(2)14-15/h2-11H,1H3,(H,16,17);5-6H,1-4H3. The van der Waals surface area contributed by atoms with Crippen LogP contribution < -0.4 is 14.2 Å². The van der Waals surface area contributed by atoms with Crippen molar-refractivity contribution in [1.29, 1.82) is 0 Å². The third-order valence-electron chi connectivity index (χ3n) is 4.93. The molecule has 1 N–H and O–H groups in total. The molecule has 0 bridgehead atoms. The molecule has 9 heteroatoms. The van der Waals surface area contributed by atoms with Gasteiger partial charge in [-0.15, -0.1) is 0 Å². The Hall–Kier alpha value is -4.40. The van der Waals surface area contributed by atoms with E-state index in [0.717, 1.165) is 22.7 Å². The molecule has 0 aliphatic carbocycles. The Kier molecular flexibility index (Phi) is 8.39. The molecular formula is C26H28N4O5. The summed E-state index contributed by atoms with van der Waals surface area (Å²) in [5.74, 6) is 1.53. The fourth-order valence-electron chi connectivity index (χ4n) is 3.10. The van der Waals surface area contributed by atoms with Crippen molar-refractivity contribution in [2.24, 2.45) is 0 Å². The smallest absolute Gasteiger partial charge is 0.310 e. The van der Waals surface area contributed by atoms with Crippen LogP contribution in [0.15, 0.2) is 66.7 Å². The number of carboxylic acids is 1. The number of ether oxygens (including phenoxy) is 3. The largest absolute Gasteiger partial charge is 0.481 e. The fraction of sp³-hybridized carbons (Fsp3) is 0.231. The molecule has 0 spiro atoms. The summed E-state index contributed by atoms with van der Waals surface area (Å²) < 4.78 is 17.5. The number of hydrogen-bond acceptors (Lipinski definition) is 7. The number of aliphatic carboxylic acids is 1. The second-order valence-electron chi connectivity index (χ2n) is 7.64. The monoisotopic (exact) mass is 476 g/mol. The van der Waals surface area contributed by atoms with Gasteiger partial charge in [-0.25, -0.2) is 4.98 Å². The van der Waals surface area contributed by atoms with Gasteiger partial charge in [0.25, 0.3) is 5.95 Å². The number of carbonyl (C=O) groups is 1. The van der Waals surface area contributed by atoms with Gasteiger partial charge in [0, 0.05) is 17.8 Å². The number of carboxylic acid groups (broad SMARTS) is 1. The van der Waals surface area contributed by atoms with E-state index >= 15 is 0 Å². The molecule has 0 saturated heterocycles. The summed E-state index contributed by atoms with van der Waals surface area (Å²) in [7, 11) is 3.15. The zero-order chi connectivity index (χ0) is 25.4. The van der Waals surface area contributed by atoms with Crippen LogP contribution in [-0.2, 0) is 4.79 Å². The maximum Gasteiger partial charge on any atom is 0.310 e. The van der Waals surface area contributed by atoms with Gasteiger partial charge in [-0.2, -0.15) is 14.8 Å². The summed E-state index contributed by atoms with van der Waals surface area (Å²) in [5, 5.41) is 13.3. The average molecular weight is 477 g/mol. The lowest BCUT2D eigenvalue weighted by atomic mass is 10.0. The normalized spacial score (nSPS) is 11.1. The quantitative estimate of drug-likeness (QED) is 0.399. The van der Waals surface area contributed by atoms with Gasteiger partial charge >= 0.3 is 5.97 Å². The first-order valence-electron chi connectivity index (χ1n) is 10.9. The predicted octanol–water partition coefficient (Wildman–Crippen LogP) is 4.96. The maximum atomic E-state index is 10.9. The topological polar surface area (TPSA) is 109 Å². The lowest BCUT2D eigenvalue weighted by Gasteiger charge is -2.10. The molecule has 2 heterocycles. The van der Waals surface area contributed by atoms with Crippen molar-refractivity contribution in [2.75, 3.05) is 14.2 Å². The minimum Gasteiger partial charge on any atom is -0.481 e. The van der Waals surface area contributed by atoms with Gasteiger partial charge in [0.15, 0.2) is 0 Å². The number of nitrogens with zero attached hydrogens (tertiary/aromatic N) is 4. The molecular weight excluding hydrogens is 448 g/mol. The van der Waals surface area contributed by atoms with Gasteiger partial charge in [-0.1, -0.05) is 30.3 Å². The first-order valence-corrected chi connectivity index (χ1v) is 10.9. The van der Waals surface area contributed by atoms with Crippen molar-refractivity contribution in [3.05, 3.63) is 83.7 Å². The molecule has 0 radical (unpaired) electrons. The molecule has 1 atom stereocenters. The lowest BCUT2D eigenvalue weighted by Crippen LogP contribution is -2.07. The molecule has 0 fully saturated rings. The van der Waals surface area contributed by atoms with Crippen LogP contribution in [-0.4, -0.2) is 45.0 Å². The molecule has 0 aliphatic rings. The lowest BCUT2D eigenvalue weighted by molar-refractivity contribution is -0.138. The van der Waals surface area contributed by atoms with Crippen molar-refractivity contribution in [2.45, 2.75) is 26.7 Å². The Balaban J connectivity index is 0.000000196. The van der Waals surface area contributed by atoms with E-state index in [1.807, 2.05) is 56.3 Å². The number of methoxy groups -OCH3 is 2. The Morgan fingerprint density at radius 2 is 1.60 bits per heavy atom. The van der Waals surface area contributed by atoms with E-state index in [1.54, 1.807) is 50.1 Å². The first kappa shape index (κ1) is 25.2. The Morgan fingerprint density at radius 3 is 2.26 bits per heavy atom. The molecule has 35 heavy (non-hydrogen) atoms. The van der Waals surface area contributed by atoms with Crippen LogP contribution in [0.3, 0.4) is 0 Å². The second-order valence-corrected chi connectivity index (χ2v) is 7.64. The minimum atomic E-state index is -0.841. The van der Waals surface area contributed by atoms with E-state index in [0.29, 0.717) is 23.5 Å². The van der Waals surface area contributed by atoms with Crippen LogP contribution in [0.2, 0.25) is 0 Å². The van der Waals surface area contributed by atoms with Crippen LogP contribution in [0.4, 0.5) is 0 Å². The molecule has 0 aliphatic heterocycles. The molecule has 4 rings (SSSR count). The van der Waals surface area contributed by atoms with Crippen molar-refractivity contribution >= 4 is 5.97 Å². The van der Waals surface area contributed by atoms with Crippen molar-refractivity contribution < 1.29 is 24.1 Å². The highest BCUT2D eigenvalue weighted by Crippen LogP contribution is 2.25. The predicted molar refractivity (Wildman–Crippen MR) is 131 cm³/mol. The second kappa shape index (κ2) is 11.6. The summed E-state index contributed by atoms with van der Waals surface area (Å²) in [5.41, 5.74) is 2.38. The fourth-order valence-corrected chi connectivity index (χ4v) is 3.10. The van der Waals surface area contributed by atoms with Gasteiger partial charge in [0.2, 0.25) is 11.8 Å². The maximum absolute atomic E-state index is 10.9. The minimum absolute atomic E-state index is 0.437. The Labute approximate surface area is 204 Å². The molecule has 4 aromatic rings. The van der Waals surface area contributed by atoms with Gasteiger partial charge in [0.1, 0.15) is 11.5 Å². The first-order chi connectivity index (χ1) is 16.8. The molecule has 182 valence electrons. The number of para-hydroxylation sites is 1. The molecule has 1 unspecified atom stereocenters. The highest BCUT2D eigenvalue weighted by Gasteiger charge is 2.14. The number of rotatable bonds is 7. The summed E-state index contributed by atoms with van der Waals surface area (Å²) in [6.07, 6.45) is 0. The summed E-state index contributed by atoms with van der Waals surface area (Å²) in [6.45, 7) is 5.41. The van der Waals surface area contributed by atoms with Gasteiger partial charge in [-0.3, -0.25) is 4.79 Å². The molecule has 2 aromatic carbocycles. The third-order valence-corrected chi connectivity index (χ3v) is 4.93. The number of aryl methyl sites for hydroxylation is 2. The summed E-state index contributed by atoms with van der Waals surface area (Å²) in [6, 6.07) is 20.1. The van der Waals surface area contributed by atoms with E-state index in [4.69, 9.17) is 19.3 Å². The van der Waals surface area contributed by atoms with Gasteiger partial charge < -0.3 is 19.3 Å². The van der Waals surface area contributed by atoms with Crippen LogP contribution in [0.25, 0.3) is 5.95 Å². The van der Waals surface area contributed by atoms with E-state index in [1.165, 1.54) is 0 Å². The van der Waals surface area contributed by atoms with Gasteiger partial charge in [-0.05, 0) is 50.6 Å². The average Bonchev–Trinajstić information content (AvgIpc) is 3.25. The van der Waals surface area contributed by atoms with E-state index < -0.39 is 11.9 Å². The Morgan fingerprint density at radius 1 is 0.886 bits per heavy atom. The molecule has 9 nitrogen and oxygen atoms in total. The van der Waals surface area contributed by atoms with Crippen LogP contribution >= 0.6 is 0 Å². The number of benzene rings is 2. The summed E-state index contributed by atoms with van der Waals surface area (Å²) in [4.78, 5) is 19.5. The highest BCUT2D eigenvalue weighted by molar-refractivity contribution is 5.75. The van der Waals surface area contributed by atoms with Crippen LogP contribution in [0, 0.1) is 13.8 Å². The molecule has 0 amide bonds. The highest BCUT2D eigenvalue weighted by atomic mass is 16.5. The van der Waals surface area contributed by atoms with Crippen LogP contribution in [0.5, 0.6) is 23.3 Å². The Bertz CT molecular complexity index is 1270. The number of hydrogen-bond donors (Lipinski definition) is 1. The SMILES string of the molecule is CC(C(=O)O)c1cccc(Oc2ccccc2)c1.COc1cc(C)nc(-n2nc(C)cc2OC)n1. The summed E-state index contributed by atoms with van der Waals surface area (Å²) >= 11 is 0. The van der Waals surface area contributed by atoms with Crippen molar-refractivity contribution in [3.63, 3.8) is 0 Å². The van der Waals surface area contributed by atoms with Crippen molar-refractivity contribution in [1.82, 2.24) is 19.7 Å². The van der Waals surface area contributed by atoms with E-state index in [-0.39, 0.29) is 0 Å². The van der Waals surface area contributed by atoms with Crippen molar-refractivity contribution in [3.8, 4) is 29.2 Å².